The Hall–Kier alpha value is -0.530. The molecule has 13 heavy (non-hydrogen) atoms. The molecule has 0 radical (unpaired) electrons. The topological polar surface area (TPSA) is 24.9 Å². The smallest absolute Gasteiger partial charge is 0.183 e. The molecule has 0 saturated carbocycles. The summed E-state index contributed by atoms with van der Waals surface area (Å²) in [5.41, 5.74) is 0. The second-order valence-corrected chi connectivity index (χ2v) is 4.23. The zero-order chi connectivity index (χ0) is 9.52. The first-order valence-corrected chi connectivity index (χ1v) is 5.78. The van der Waals surface area contributed by atoms with E-state index in [1.165, 1.54) is 0 Å². The summed E-state index contributed by atoms with van der Waals surface area (Å²) < 4.78 is 0.892. The summed E-state index contributed by atoms with van der Waals surface area (Å²) in [5.74, 6) is 2.62. The first kappa shape index (κ1) is 10.6. The molecule has 0 bridgehead atoms. The molecule has 70 valence electrons. The van der Waals surface area contributed by atoms with Gasteiger partial charge in [-0.2, -0.15) is 0 Å². The highest BCUT2D eigenvalue weighted by Gasteiger charge is 1.96. The van der Waals surface area contributed by atoms with Crippen molar-refractivity contribution in [1.82, 2.24) is 4.98 Å². The highest BCUT2D eigenvalue weighted by atomic mass is 79.9. The zero-order valence-corrected chi connectivity index (χ0v) is 9.62. The van der Waals surface area contributed by atoms with Crippen molar-refractivity contribution in [2.24, 2.45) is 0 Å². The van der Waals surface area contributed by atoms with Crippen LogP contribution in [0.15, 0.2) is 9.98 Å². The van der Waals surface area contributed by atoms with Crippen molar-refractivity contribution in [3.8, 4) is 12.3 Å². The SMILES string of the molecule is C#CCCCCNc1nc(Br)cs1. The van der Waals surface area contributed by atoms with Gasteiger partial charge >= 0.3 is 0 Å². The molecule has 1 rings (SSSR count). The lowest BCUT2D eigenvalue weighted by Crippen LogP contribution is -2.00. The number of anilines is 1. The summed E-state index contributed by atoms with van der Waals surface area (Å²) in [7, 11) is 0. The summed E-state index contributed by atoms with van der Waals surface area (Å²) in [5, 5.41) is 6.16. The van der Waals surface area contributed by atoms with Gasteiger partial charge in [-0.05, 0) is 28.8 Å². The Morgan fingerprint density at radius 1 is 1.62 bits per heavy atom. The van der Waals surface area contributed by atoms with E-state index in [4.69, 9.17) is 6.42 Å². The van der Waals surface area contributed by atoms with Gasteiger partial charge in [0, 0.05) is 18.3 Å². The van der Waals surface area contributed by atoms with Crippen LogP contribution in [0.25, 0.3) is 0 Å². The Kier molecular flexibility index (Phi) is 4.87. The highest BCUT2D eigenvalue weighted by molar-refractivity contribution is 9.10. The summed E-state index contributed by atoms with van der Waals surface area (Å²) in [6.07, 6.45) is 8.18. The predicted molar refractivity (Wildman–Crippen MR) is 61.0 cm³/mol. The van der Waals surface area contributed by atoms with E-state index in [0.717, 1.165) is 35.5 Å². The molecule has 0 unspecified atom stereocenters. The molecule has 0 spiro atoms. The molecule has 0 aliphatic carbocycles. The van der Waals surface area contributed by atoms with Gasteiger partial charge < -0.3 is 5.32 Å². The molecule has 1 heterocycles. The van der Waals surface area contributed by atoms with E-state index in [1.54, 1.807) is 11.3 Å². The molecule has 0 fully saturated rings. The number of terminal acetylenes is 1. The molecule has 1 N–H and O–H groups in total. The second-order valence-electron chi connectivity index (χ2n) is 2.56. The van der Waals surface area contributed by atoms with Crippen molar-refractivity contribution in [3.63, 3.8) is 0 Å². The standard InChI is InChI=1S/C9H11BrN2S/c1-2-3-4-5-6-11-9-12-8(10)7-13-9/h1,7H,3-6H2,(H,11,12). The number of thiazole rings is 1. The Morgan fingerprint density at radius 3 is 3.08 bits per heavy atom. The van der Waals surface area contributed by atoms with Crippen molar-refractivity contribution in [2.45, 2.75) is 19.3 Å². The lowest BCUT2D eigenvalue weighted by Gasteiger charge is -1.99. The number of aromatic nitrogens is 1. The third-order valence-electron chi connectivity index (χ3n) is 1.50. The van der Waals surface area contributed by atoms with E-state index in [-0.39, 0.29) is 0 Å². The van der Waals surface area contributed by atoms with Crippen molar-refractivity contribution in [1.29, 1.82) is 0 Å². The first-order valence-electron chi connectivity index (χ1n) is 4.11. The van der Waals surface area contributed by atoms with Gasteiger partial charge in [-0.15, -0.1) is 23.7 Å². The van der Waals surface area contributed by atoms with E-state index in [2.05, 4.69) is 32.2 Å². The molecule has 1 aromatic heterocycles. The summed E-state index contributed by atoms with van der Waals surface area (Å²) in [6, 6.07) is 0. The van der Waals surface area contributed by atoms with E-state index in [9.17, 15) is 0 Å². The summed E-state index contributed by atoms with van der Waals surface area (Å²) >= 11 is 4.90. The molecule has 4 heteroatoms. The van der Waals surface area contributed by atoms with E-state index >= 15 is 0 Å². The van der Waals surface area contributed by atoms with E-state index in [1.807, 2.05) is 5.38 Å². The normalized spacial score (nSPS) is 9.54. The van der Waals surface area contributed by atoms with Crippen molar-refractivity contribution in [3.05, 3.63) is 9.98 Å². The van der Waals surface area contributed by atoms with Crippen molar-refractivity contribution >= 4 is 32.4 Å². The van der Waals surface area contributed by atoms with Gasteiger partial charge in [-0.3, -0.25) is 0 Å². The Morgan fingerprint density at radius 2 is 2.46 bits per heavy atom. The lowest BCUT2D eigenvalue weighted by atomic mass is 10.2. The molecule has 2 nitrogen and oxygen atoms in total. The van der Waals surface area contributed by atoms with Crippen LogP contribution in [0.5, 0.6) is 0 Å². The minimum Gasteiger partial charge on any atom is -0.361 e. The van der Waals surface area contributed by atoms with Gasteiger partial charge in [-0.1, -0.05) is 0 Å². The zero-order valence-electron chi connectivity index (χ0n) is 7.22. The lowest BCUT2D eigenvalue weighted by molar-refractivity contribution is 0.789. The fourth-order valence-electron chi connectivity index (χ4n) is 0.883. The van der Waals surface area contributed by atoms with E-state index < -0.39 is 0 Å². The Balaban J connectivity index is 2.10. The monoisotopic (exact) mass is 258 g/mol. The van der Waals surface area contributed by atoms with Crippen LogP contribution in [-0.2, 0) is 0 Å². The number of halogens is 1. The van der Waals surface area contributed by atoms with Crippen LogP contribution in [-0.4, -0.2) is 11.5 Å². The summed E-state index contributed by atoms with van der Waals surface area (Å²) in [6.45, 7) is 0.946. The molecule has 1 aromatic rings. The fraction of sp³-hybridized carbons (Fsp3) is 0.444. The van der Waals surface area contributed by atoms with Crippen LogP contribution in [0.2, 0.25) is 0 Å². The minimum absolute atomic E-state index is 0.864. The molecule has 0 aromatic carbocycles. The van der Waals surface area contributed by atoms with Gasteiger partial charge in [-0.25, -0.2) is 4.98 Å². The molecular formula is C9H11BrN2S. The summed E-state index contributed by atoms with van der Waals surface area (Å²) in [4.78, 5) is 4.21. The van der Waals surface area contributed by atoms with Crippen molar-refractivity contribution in [2.75, 3.05) is 11.9 Å². The Bertz CT molecular complexity index is 290. The third kappa shape index (κ3) is 4.30. The fourth-order valence-corrected chi connectivity index (χ4v) is 2.06. The molecule has 0 atom stereocenters. The van der Waals surface area contributed by atoms with Crippen molar-refractivity contribution < 1.29 is 0 Å². The molecule has 0 aliphatic rings. The number of hydrogen-bond acceptors (Lipinski definition) is 3. The van der Waals surface area contributed by atoms with Gasteiger partial charge in [0.2, 0.25) is 0 Å². The maximum atomic E-state index is 5.14. The van der Waals surface area contributed by atoms with Gasteiger partial charge in [0.05, 0.1) is 0 Å². The molecule has 0 aliphatic heterocycles. The minimum atomic E-state index is 0.864. The predicted octanol–water partition coefficient (Wildman–Crippen LogP) is 3.12. The molecule has 0 saturated heterocycles. The van der Waals surface area contributed by atoms with Crippen LogP contribution >= 0.6 is 27.3 Å². The number of nitrogens with zero attached hydrogens (tertiary/aromatic N) is 1. The van der Waals surface area contributed by atoms with Crippen LogP contribution in [0.3, 0.4) is 0 Å². The van der Waals surface area contributed by atoms with Crippen LogP contribution in [0.1, 0.15) is 19.3 Å². The first-order chi connectivity index (χ1) is 6.33. The Labute approximate surface area is 90.9 Å². The van der Waals surface area contributed by atoms with Gasteiger partial charge in [0.15, 0.2) is 5.13 Å². The number of nitrogens with one attached hydrogen (secondary N) is 1. The van der Waals surface area contributed by atoms with Gasteiger partial charge in [0.25, 0.3) is 0 Å². The van der Waals surface area contributed by atoms with Crippen LogP contribution in [0, 0.1) is 12.3 Å². The number of hydrogen-bond donors (Lipinski definition) is 1. The third-order valence-corrected chi connectivity index (χ3v) is 3.01. The maximum absolute atomic E-state index is 5.14. The average molecular weight is 259 g/mol. The number of rotatable bonds is 5. The average Bonchev–Trinajstić information content (AvgIpc) is 2.51. The molecular weight excluding hydrogens is 248 g/mol. The highest BCUT2D eigenvalue weighted by Crippen LogP contribution is 2.19. The maximum Gasteiger partial charge on any atom is 0.183 e. The van der Waals surface area contributed by atoms with Gasteiger partial charge in [0.1, 0.15) is 4.60 Å². The largest absolute Gasteiger partial charge is 0.361 e. The van der Waals surface area contributed by atoms with Crippen LogP contribution in [0.4, 0.5) is 5.13 Å². The molecule has 0 amide bonds. The number of unbranched alkanes of at least 4 members (excludes halogenated alkanes) is 2. The van der Waals surface area contributed by atoms with E-state index in [0.29, 0.717) is 0 Å². The quantitative estimate of drug-likeness (QED) is 0.649. The second kappa shape index (κ2) is 6.01. The van der Waals surface area contributed by atoms with Crippen LogP contribution < -0.4 is 5.32 Å².